The molecule has 0 spiro atoms. The molecule has 0 aliphatic carbocycles. The molecule has 1 unspecified atom stereocenters. The fourth-order valence-electron chi connectivity index (χ4n) is 5.19. The highest BCUT2D eigenvalue weighted by molar-refractivity contribution is 6.00. The summed E-state index contributed by atoms with van der Waals surface area (Å²) in [5.41, 5.74) is 1.45. The summed E-state index contributed by atoms with van der Waals surface area (Å²) in [5.74, 6) is -2.38. The summed E-state index contributed by atoms with van der Waals surface area (Å²) in [6, 6.07) is 6.67. The fraction of sp³-hybridized carbons (Fsp3) is 0.533. The SMILES string of the molecule is CCCN(CCC)C(=O)c1cc(C)cc(C(=O)N[C@@H](Cc2cc(F)cc(F)c2)[C@H](O)[C@H](O)CN2CCC(O)C2)c1. The molecule has 8 nitrogen and oxygen atoms in total. The molecule has 0 radical (unpaired) electrons. The van der Waals surface area contributed by atoms with Gasteiger partial charge in [-0.15, -0.1) is 0 Å². The lowest BCUT2D eigenvalue weighted by Gasteiger charge is -2.30. The number of nitrogens with zero attached hydrogens (tertiary/aromatic N) is 2. The Bertz CT molecular complexity index is 1140. The van der Waals surface area contributed by atoms with Crippen molar-refractivity contribution in [3.63, 3.8) is 0 Å². The van der Waals surface area contributed by atoms with E-state index in [0.717, 1.165) is 31.0 Å². The maximum Gasteiger partial charge on any atom is 0.253 e. The maximum absolute atomic E-state index is 13.9. The minimum absolute atomic E-state index is 0.0515. The Kier molecular flexibility index (Phi) is 11.6. The number of halogens is 2. The van der Waals surface area contributed by atoms with Gasteiger partial charge in [0.2, 0.25) is 0 Å². The summed E-state index contributed by atoms with van der Waals surface area (Å²) < 4.78 is 27.8. The summed E-state index contributed by atoms with van der Waals surface area (Å²) in [5, 5.41) is 34.4. The Morgan fingerprint density at radius 2 is 1.65 bits per heavy atom. The quantitative estimate of drug-likeness (QED) is 0.299. The van der Waals surface area contributed by atoms with Crippen molar-refractivity contribution in [2.45, 2.75) is 70.8 Å². The molecule has 220 valence electrons. The number of benzene rings is 2. The molecule has 1 aliphatic rings. The van der Waals surface area contributed by atoms with E-state index in [0.29, 0.717) is 43.7 Å². The summed E-state index contributed by atoms with van der Waals surface area (Å²) in [6.45, 7) is 7.87. The van der Waals surface area contributed by atoms with Crippen LogP contribution in [0.5, 0.6) is 0 Å². The van der Waals surface area contributed by atoms with Crippen LogP contribution in [-0.2, 0) is 6.42 Å². The molecule has 1 heterocycles. The number of aryl methyl sites for hydroxylation is 1. The third-order valence-corrected chi connectivity index (χ3v) is 7.05. The van der Waals surface area contributed by atoms with E-state index < -0.39 is 41.9 Å². The van der Waals surface area contributed by atoms with Gasteiger partial charge in [-0.3, -0.25) is 14.5 Å². The van der Waals surface area contributed by atoms with Crippen LogP contribution >= 0.6 is 0 Å². The van der Waals surface area contributed by atoms with Crippen molar-refractivity contribution in [3.05, 3.63) is 70.3 Å². The number of nitrogens with one attached hydrogen (secondary N) is 1. The van der Waals surface area contributed by atoms with Gasteiger partial charge in [0.25, 0.3) is 11.8 Å². The lowest BCUT2D eigenvalue weighted by molar-refractivity contribution is -0.0189. The number of aliphatic hydroxyl groups is 3. The maximum atomic E-state index is 13.9. The average Bonchev–Trinajstić information content (AvgIpc) is 3.30. The van der Waals surface area contributed by atoms with Crippen LogP contribution in [0.25, 0.3) is 0 Å². The molecule has 0 aromatic heterocycles. The summed E-state index contributed by atoms with van der Waals surface area (Å²) in [6.07, 6.45) is -1.32. The van der Waals surface area contributed by atoms with Crippen LogP contribution in [0.3, 0.4) is 0 Å². The molecule has 3 rings (SSSR count). The first-order valence-electron chi connectivity index (χ1n) is 13.9. The first-order valence-corrected chi connectivity index (χ1v) is 13.9. The molecule has 1 saturated heterocycles. The lowest BCUT2D eigenvalue weighted by Crippen LogP contribution is -2.52. The van der Waals surface area contributed by atoms with Gasteiger partial charge in [0, 0.05) is 49.9 Å². The van der Waals surface area contributed by atoms with Crippen LogP contribution in [0.1, 0.15) is 65.0 Å². The minimum Gasteiger partial charge on any atom is -0.392 e. The van der Waals surface area contributed by atoms with Crippen molar-refractivity contribution in [2.75, 3.05) is 32.7 Å². The van der Waals surface area contributed by atoms with E-state index in [4.69, 9.17) is 0 Å². The van der Waals surface area contributed by atoms with Crippen molar-refractivity contribution in [1.29, 1.82) is 0 Å². The van der Waals surface area contributed by atoms with Crippen LogP contribution < -0.4 is 5.32 Å². The molecular formula is C30H41F2N3O5. The van der Waals surface area contributed by atoms with Gasteiger partial charge in [-0.1, -0.05) is 13.8 Å². The fourth-order valence-corrected chi connectivity index (χ4v) is 5.19. The van der Waals surface area contributed by atoms with Gasteiger partial charge >= 0.3 is 0 Å². The minimum atomic E-state index is -1.48. The molecule has 40 heavy (non-hydrogen) atoms. The normalized spacial score (nSPS) is 17.9. The van der Waals surface area contributed by atoms with Gasteiger partial charge in [-0.2, -0.15) is 0 Å². The highest BCUT2D eigenvalue weighted by atomic mass is 19.1. The van der Waals surface area contributed by atoms with Crippen molar-refractivity contribution < 1.29 is 33.7 Å². The van der Waals surface area contributed by atoms with Crippen molar-refractivity contribution >= 4 is 11.8 Å². The molecular weight excluding hydrogens is 520 g/mol. The number of carbonyl (C=O) groups is 2. The van der Waals surface area contributed by atoms with Gasteiger partial charge in [0.15, 0.2) is 0 Å². The van der Waals surface area contributed by atoms with Crippen LogP contribution in [0.2, 0.25) is 0 Å². The number of hydrogen-bond donors (Lipinski definition) is 4. The number of aliphatic hydroxyl groups excluding tert-OH is 3. The molecule has 2 amide bonds. The highest BCUT2D eigenvalue weighted by Gasteiger charge is 2.32. The number of β-amino-alcohol motifs (C(OH)–C–C–N with tert-alkyl or cyclic N) is 2. The van der Waals surface area contributed by atoms with Gasteiger partial charge in [-0.05, 0) is 74.1 Å². The predicted molar refractivity (Wildman–Crippen MR) is 148 cm³/mol. The van der Waals surface area contributed by atoms with Gasteiger partial charge in [-0.25, -0.2) is 8.78 Å². The Labute approximate surface area is 234 Å². The van der Waals surface area contributed by atoms with E-state index in [1.54, 1.807) is 28.9 Å². The van der Waals surface area contributed by atoms with Crippen LogP contribution in [0.15, 0.2) is 36.4 Å². The Balaban J connectivity index is 1.85. The zero-order chi connectivity index (χ0) is 29.4. The third-order valence-electron chi connectivity index (χ3n) is 7.05. The Hall–Kier alpha value is -2.92. The topological polar surface area (TPSA) is 113 Å². The predicted octanol–water partition coefficient (Wildman–Crippen LogP) is 2.66. The zero-order valence-electron chi connectivity index (χ0n) is 23.4. The number of rotatable bonds is 13. The first kappa shape index (κ1) is 31.6. The molecule has 1 aliphatic heterocycles. The van der Waals surface area contributed by atoms with Gasteiger partial charge in [0.05, 0.1) is 18.2 Å². The van der Waals surface area contributed by atoms with E-state index in [1.807, 2.05) is 13.8 Å². The summed E-state index contributed by atoms with van der Waals surface area (Å²) in [4.78, 5) is 30.2. The Morgan fingerprint density at radius 3 is 2.23 bits per heavy atom. The summed E-state index contributed by atoms with van der Waals surface area (Å²) in [7, 11) is 0. The third kappa shape index (κ3) is 8.79. The second kappa shape index (κ2) is 14.6. The highest BCUT2D eigenvalue weighted by Crippen LogP contribution is 2.18. The van der Waals surface area contributed by atoms with E-state index in [2.05, 4.69) is 5.32 Å². The van der Waals surface area contributed by atoms with Gasteiger partial charge in [0.1, 0.15) is 17.7 Å². The average molecular weight is 562 g/mol. The van der Waals surface area contributed by atoms with E-state index in [9.17, 15) is 33.7 Å². The molecule has 2 aromatic carbocycles. The van der Waals surface area contributed by atoms with Crippen molar-refractivity contribution in [1.82, 2.24) is 15.1 Å². The van der Waals surface area contributed by atoms with Crippen LogP contribution in [0, 0.1) is 18.6 Å². The molecule has 4 N–H and O–H groups in total. The van der Waals surface area contributed by atoms with E-state index in [1.165, 1.54) is 6.07 Å². The second-order valence-electron chi connectivity index (χ2n) is 10.7. The monoisotopic (exact) mass is 561 g/mol. The molecule has 10 heteroatoms. The molecule has 2 aromatic rings. The van der Waals surface area contributed by atoms with Crippen LogP contribution in [-0.4, -0.2) is 94.0 Å². The van der Waals surface area contributed by atoms with E-state index in [-0.39, 0.29) is 30.0 Å². The van der Waals surface area contributed by atoms with Crippen molar-refractivity contribution in [2.24, 2.45) is 0 Å². The zero-order valence-corrected chi connectivity index (χ0v) is 23.4. The number of hydrogen-bond acceptors (Lipinski definition) is 6. The second-order valence-corrected chi connectivity index (χ2v) is 10.7. The van der Waals surface area contributed by atoms with Crippen molar-refractivity contribution in [3.8, 4) is 0 Å². The molecule has 1 fully saturated rings. The standard InChI is InChI=1S/C30H41F2N3O5/c1-4-7-35(8-5-2)30(40)22-11-19(3)10-21(15-22)29(39)33-26(14-20-12-23(31)16-24(32)13-20)28(38)27(37)18-34-9-6-25(36)17-34/h10-13,15-16,25-28,36-38H,4-9,14,17-18H2,1-3H3,(H,33,39)/t25?,26-,27+,28-/m0/s1. The Morgan fingerprint density at radius 1 is 1.02 bits per heavy atom. The van der Waals surface area contributed by atoms with E-state index >= 15 is 0 Å². The molecule has 0 saturated carbocycles. The number of amides is 2. The van der Waals surface area contributed by atoms with Gasteiger partial charge < -0.3 is 25.5 Å². The lowest BCUT2D eigenvalue weighted by atomic mass is 9.96. The molecule has 4 atom stereocenters. The van der Waals surface area contributed by atoms with Crippen LogP contribution in [0.4, 0.5) is 8.78 Å². The number of carbonyl (C=O) groups excluding carboxylic acids is 2. The first-order chi connectivity index (χ1) is 19.0. The number of likely N-dealkylation sites (tertiary alicyclic amines) is 1. The smallest absolute Gasteiger partial charge is 0.253 e. The summed E-state index contributed by atoms with van der Waals surface area (Å²) >= 11 is 0. The largest absolute Gasteiger partial charge is 0.392 e. The molecule has 0 bridgehead atoms.